The highest BCUT2D eigenvalue weighted by atomic mass is 35.5. The molecule has 1 aromatic rings. The number of ether oxygens (including phenoxy) is 1. The zero-order valence-electron chi connectivity index (χ0n) is 10.2. The molecule has 1 heterocycles. The number of nitrogen functional groups attached to an aromatic ring is 1. The average Bonchev–Trinajstić information content (AvgIpc) is 2.38. The van der Waals surface area contributed by atoms with Crippen molar-refractivity contribution in [1.82, 2.24) is 5.32 Å². The maximum atomic E-state index is 11.8. The highest BCUT2D eigenvalue weighted by Gasteiger charge is 2.14. The SMILES string of the molecule is Cl.Nc1ccc(C(=O)NCC2CCOCC2)cc1. The van der Waals surface area contributed by atoms with Crippen LogP contribution in [-0.2, 0) is 4.74 Å². The lowest BCUT2D eigenvalue weighted by Crippen LogP contribution is -2.32. The third-order valence-electron chi connectivity index (χ3n) is 3.07. The summed E-state index contributed by atoms with van der Waals surface area (Å²) in [6.07, 6.45) is 2.06. The van der Waals surface area contributed by atoms with Crippen LogP contribution in [0.5, 0.6) is 0 Å². The van der Waals surface area contributed by atoms with Gasteiger partial charge in [0.2, 0.25) is 0 Å². The van der Waals surface area contributed by atoms with Gasteiger partial charge in [0.15, 0.2) is 0 Å². The second kappa shape index (κ2) is 7.24. The van der Waals surface area contributed by atoms with E-state index in [-0.39, 0.29) is 18.3 Å². The van der Waals surface area contributed by atoms with Gasteiger partial charge in [-0.1, -0.05) is 0 Å². The summed E-state index contributed by atoms with van der Waals surface area (Å²) in [5, 5.41) is 2.95. The van der Waals surface area contributed by atoms with Gasteiger partial charge >= 0.3 is 0 Å². The molecule has 0 aromatic heterocycles. The number of carbonyl (C=O) groups is 1. The average molecular weight is 271 g/mol. The summed E-state index contributed by atoms with van der Waals surface area (Å²) in [7, 11) is 0. The highest BCUT2D eigenvalue weighted by Crippen LogP contribution is 2.13. The molecule has 18 heavy (non-hydrogen) atoms. The maximum absolute atomic E-state index is 11.8. The van der Waals surface area contributed by atoms with Crippen LogP contribution in [0.1, 0.15) is 23.2 Å². The minimum Gasteiger partial charge on any atom is -0.399 e. The molecule has 3 N–H and O–H groups in total. The molecule has 0 radical (unpaired) electrons. The summed E-state index contributed by atoms with van der Waals surface area (Å²) in [5.74, 6) is 0.512. The second-order valence-electron chi connectivity index (χ2n) is 4.39. The predicted molar refractivity (Wildman–Crippen MR) is 74.0 cm³/mol. The van der Waals surface area contributed by atoms with Gasteiger partial charge in [0.1, 0.15) is 0 Å². The number of anilines is 1. The van der Waals surface area contributed by atoms with E-state index < -0.39 is 0 Å². The van der Waals surface area contributed by atoms with Crippen LogP contribution in [0.4, 0.5) is 5.69 Å². The zero-order valence-corrected chi connectivity index (χ0v) is 11.0. The molecule has 1 aromatic carbocycles. The molecular weight excluding hydrogens is 252 g/mol. The van der Waals surface area contributed by atoms with Crippen LogP contribution < -0.4 is 11.1 Å². The molecule has 2 rings (SSSR count). The number of hydrogen-bond acceptors (Lipinski definition) is 3. The Balaban J connectivity index is 0.00000162. The van der Waals surface area contributed by atoms with Crippen molar-refractivity contribution >= 4 is 24.0 Å². The van der Waals surface area contributed by atoms with Gasteiger partial charge in [-0.3, -0.25) is 4.79 Å². The molecule has 0 aliphatic carbocycles. The van der Waals surface area contributed by atoms with Crippen LogP contribution in [0.3, 0.4) is 0 Å². The number of carbonyl (C=O) groups excluding carboxylic acids is 1. The van der Waals surface area contributed by atoms with E-state index >= 15 is 0 Å². The monoisotopic (exact) mass is 270 g/mol. The number of benzene rings is 1. The predicted octanol–water partition coefficient (Wildman–Crippen LogP) is 1.85. The van der Waals surface area contributed by atoms with E-state index in [1.54, 1.807) is 24.3 Å². The molecule has 1 fully saturated rings. The van der Waals surface area contributed by atoms with E-state index in [2.05, 4.69) is 5.32 Å². The van der Waals surface area contributed by atoms with E-state index in [4.69, 9.17) is 10.5 Å². The highest BCUT2D eigenvalue weighted by molar-refractivity contribution is 5.94. The first kappa shape index (κ1) is 14.8. The Morgan fingerprint density at radius 3 is 2.50 bits per heavy atom. The second-order valence-corrected chi connectivity index (χ2v) is 4.39. The molecule has 0 bridgehead atoms. The Morgan fingerprint density at radius 1 is 1.28 bits per heavy atom. The standard InChI is InChI=1S/C13H18N2O2.ClH/c14-12-3-1-11(2-4-12)13(16)15-9-10-5-7-17-8-6-10;/h1-4,10H,5-9,14H2,(H,15,16);1H. The Bertz CT molecular complexity index is 375. The first-order valence-corrected chi connectivity index (χ1v) is 5.97. The maximum Gasteiger partial charge on any atom is 0.251 e. The van der Waals surface area contributed by atoms with Gasteiger partial charge in [-0.25, -0.2) is 0 Å². The van der Waals surface area contributed by atoms with E-state index in [1.807, 2.05) is 0 Å². The fourth-order valence-electron chi connectivity index (χ4n) is 1.92. The number of nitrogens with two attached hydrogens (primary N) is 1. The summed E-state index contributed by atoms with van der Waals surface area (Å²) >= 11 is 0. The summed E-state index contributed by atoms with van der Waals surface area (Å²) in [6, 6.07) is 6.97. The first-order valence-electron chi connectivity index (χ1n) is 5.97. The number of rotatable bonds is 3. The summed E-state index contributed by atoms with van der Waals surface area (Å²) in [6.45, 7) is 2.34. The molecule has 1 aliphatic rings. The third-order valence-corrected chi connectivity index (χ3v) is 3.07. The lowest BCUT2D eigenvalue weighted by atomic mass is 10.0. The number of hydrogen-bond donors (Lipinski definition) is 2. The summed E-state index contributed by atoms with van der Waals surface area (Å²) < 4.78 is 5.28. The van der Waals surface area contributed by atoms with Crippen molar-refractivity contribution in [1.29, 1.82) is 0 Å². The van der Waals surface area contributed by atoms with Crippen molar-refractivity contribution in [3.8, 4) is 0 Å². The molecule has 0 spiro atoms. The van der Waals surface area contributed by atoms with Gasteiger partial charge in [-0.05, 0) is 43.0 Å². The van der Waals surface area contributed by atoms with Crippen LogP contribution in [0.15, 0.2) is 24.3 Å². The molecule has 1 saturated heterocycles. The summed E-state index contributed by atoms with van der Waals surface area (Å²) in [4.78, 5) is 11.8. The lowest BCUT2D eigenvalue weighted by molar-refractivity contribution is 0.0642. The first-order chi connectivity index (χ1) is 8.25. The normalized spacial score (nSPS) is 15.8. The fourth-order valence-corrected chi connectivity index (χ4v) is 1.92. The number of amides is 1. The minimum atomic E-state index is -0.0310. The smallest absolute Gasteiger partial charge is 0.251 e. The molecular formula is C13H19ClN2O2. The third kappa shape index (κ3) is 4.20. The van der Waals surface area contributed by atoms with Crippen molar-refractivity contribution < 1.29 is 9.53 Å². The minimum absolute atomic E-state index is 0. The molecule has 100 valence electrons. The molecule has 1 amide bonds. The molecule has 5 heteroatoms. The Labute approximate surface area is 113 Å². The Morgan fingerprint density at radius 2 is 1.89 bits per heavy atom. The van der Waals surface area contributed by atoms with Crippen molar-refractivity contribution in [2.24, 2.45) is 5.92 Å². The van der Waals surface area contributed by atoms with Gasteiger partial charge in [0.05, 0.1) is 0 Å². The van der Waals surface area contributed by atoms with Crippen molar-refractivity contribution in [3.05, 3.63) is 29.8 Å². The van der Waals surface area contributed by atoms with E-state index in [0.29, 0.717) is 17.2 Å². The quantitative estimate of drug-likeness (QED) is 0.824. The van der Waals surface area contributed by atoms with Gasteiger partial charge < -0.3 is 15.8 Å². The van der Waals surface area contributed by atoms with Crippen LogP contribution >= 0.6 is 12.4 Å². The van der Waals surface area contributed by atoms with Crippen LogP contribution in [0, 0.1) is 5.92 Å². The van der Waals surface area contributed by atoms with Gasteiger partial charge in [-0.2, -0.15) is 0 Å². The van der Waals surface area contributed by atoms with Crippen molar-refractivity contribution in [3.63, 3.8) is 0 Å². The van der Waals surface area contributed by atoms with E-state index in [0.717, 1.165) is 32.6 Å². The Hall–Kier alpha value is -1.26. The van der Waals surface area contributed by atoms with Gasteiger partial charge in [-0.15, -0.1) is 12.4 Å². The Kier molecular flexibility index (Phi) is 5.95. The van der Waals surface area contributed by atoms with E-state index in [9.17, 15) is 4.79 Å². The summed E-state index contributed by atoms with van der Waals surface area (Å²) in [5.41, 5.74) is 6.90. The van der Waals surface area contributed by atoms with E-state index in [1.165, 1.54) is 0 Å². The molecule has 0 unspecified atom stereocenters. The van der Waals surface area contributed by atoms with Crippen LogP contribution in [-0.4, -0.2) is 25.7 Å². The van der Waals surface area contributed by atoms with Crippen molar-refractivity contribution in [2.45, 2.75) is 12.8 Å². The molecule has 0 atom stereocenters. The zero-order chi connectivity index (χ0) is 12.1. The topological polar surface area (TPSA) is 64.4 Å². The largest absolute Gasteiger partial charge is 0.399 e. The molecule has 0 saturated carbocycles. The fraction of sp³-hybridized carbons (Fsp3) is 0.462. The number of nitrogens with one attached hydrogen (secondary N) is 1. The number of halogens is 1. The lowest BCUT2D eigenvalue weighted by Gasteiger charge is -2.22. The van der Waals surface area contributed by atoms with Gasteiger partial charge in [0, 0.05) is 31.0 Å². The van der Waals surface area contributed by atoms with Gasteiger partial charge in [0.25, 0.3) is 5.91 Å². The molecule has 4 nitrogen and oxygen atoms in total. The van der Waals surface area contributed by atoms with Crippen LogP contribution in [0.2, 0.25) is 0 Å². The molecule has 1 aliphatic heterocycles. The van der Waals surface area contributed by atoms with Crippen molar-refractivity contribution in [2.75, 3.05) is 25.5 Å². The van der Waals surface area contributed by atoms with Crippen LogP contribution in [0.25, 0.3) is 0 Å².